The molecule has 0 spiro atoms. The molecule has 1 heteroatoms. The van der Waals surface area contributed by atoms with E-state index in [1.165, 1.54) is 89.9 Å². The Labute approximate surface area is 147 Å². The Morgan fingerprint density at radius 3 is 1.62 bits per heavy atom. The monoisotopic (exact) mass is 326 g/mol. The van der Waals surface area contributed by atoms with Crippen LogP contribution in [0.15, 0.2) is 0 Å². The van der Waals surface area contributed by atoms with Gasteiger partial charge in [0.1, 0.15) is 5.78 Å². The maximum absolute atomic E-state index is 13.9. The van der Waals surface area contributed by atoms with Gasteiger partial charge in [0.2, 0.25) is 0 Å². The average molecular weight is 327 g/mol. The quantitative estimate of drug-likeness (QED) is 0.629. The fraction of sp³-hybridized carbons (Fsp3) is 0.957. The molecule has 0 aromatic heterocycles. The Morgan fingerprint density at radius 2 is 1.12 bits per heavy atom. The molecule has 0 aromatic rings. The molecule has 0 heterocycles. The number of hydrogen-bond donors (Lipinski definition) is 0. The predicted octanol–water partition coefficient (Wildman–Crippen LogP) is 5.77. The van der Waals surface area contributed by atoms with E-state index in [0.717, 1.165) is 29.5 Å². The Kier molecular flexibility index (Phi) is 3.01. The Hall–Kier alpha value is -0.330. The van der Waals surface area contributed by atoms with Gasteiger partial charge in [0.25, 0.3) is 0 Å². The zero-order valence-electron chi connectivity index (χ0n) is 15.3. The number of carbonyl (C=O) groups is 1. The second-order valence-corrected chi connectivity index (χ2v) is 10.7. The van der Waals surface area contributed by atoms with Crippen LogP contribution in [-0.4, -0.2) is 5.78 Å². The average Bonchev–Trinajstić information content (AvgIpc) is 3.35. The van der Waals surface area contributed by atoms with Gasteiger partial charge < -0.3 is 0 Å². The molecular formula is C23H34O. The van der Waals surface area contributed by atoms with Crippen LogP contribution >= 0.6 is 0 Å². The Bertz CT molecular complexity index is 518. The van der Waals surface area contributed by atoms with Gasteiger partial charge in [-0.2, -0.15) is 0 Å². The lowest BCUT2D eigenvalue weighted by Crippen LogP contribution is -2.44. The van der Waals surface area contributed by atoms with Gasteiger partial charge in [0.15, 0.2) is 0 Å². The van der Waals surface area contributed by atoms with Crippen molar-refractivity contribution in [3.05, 3.63) is 0 Å². The van der Waals surface area contributed by atoms with Gasteiger partial charge in [0, 0.05) is 11.8 Å². The Morgan fingerprint density at radius 1 is 0.625 bits per heavy atom. The smallest absolute Gasteiger partial charge is 0.140 e. The summed E-state index contributed by atoms with van der Waals surface area (Å²) in [6, 6.07) is 0. The van der Waals surface area contributed by atoms with E-state index >= 15 is 0 Å². The molecule has 0 N–H and O–H groups in total. The molecule has 0 aromatic carbocycles. The summed E-state index contributed by atoms with van der Waals surface area (Å²) in [4.78, 5) is 13.9. The van der Waals surface area contributed by atoms with Crippen LogP contribution in [0.25, 0.3) is 0 Å². The Balaban J connectivity index is 1.33. The maximum atomic E-state index is 13.9. The first-order chi connectivity index (χ1) is 11.7. The lowest BCUT2D eigenvalue weighted by atomic mass is 9.57. The fourth-order valence-electron chi connectivity index (χ4n) is 9.82. The highest BCUT2D eigenvalue weighted by atomic mass is 16.1. The van der Waals surface area contributed by atoms with Crippen molar-refractivity contribution in [3.8, 4) is 0 Å². The summed E-state index contributed by atoms with van der Waals surface area (Å²) in [5.74, 6) is 5.52. The minimum absolute atomic E-state index is 0.489. The number of Topliss-reactive ketones (excluding diaryl/α,β-unsaturated/α-hetero) is 1. The van der Waals surface area contributed by atoms with Crippen molar-refractivity contribution >= 4 is 5.78 Å². The first kappa shape index (κ1) is 14.8. The van der Waals surface area contributed by atoms with Crippen molar-refractivity contribution in [2.45, 2.75) is 89.9 Å². The van der Waals surface area contributed by atoms with E-state index in [1.54, 1.807) is 0 Å². The molecule has 6 rings (SSSR count). The summed E-state index contributed by atoms with van der Waals surface area (Å²) >= 11 is 0. The maximum Gasteiger partial charge on any atom is 0.140 e. The van der Waals surface area contributed by atoms with Crippen LogP contribution < -0.4 is 0 Å². The third kappa shape index (κ3) is 1.62. The molecule has 0 aliphatic heterocycles. The van der Waals surface area contributed by atoms with Crippen LogP contribution in [0.5, 0.6) is 0 Å². The molecule has 6 aliphatic rings. The van der Waals surface area contributed by atoms with Crippen molar-refractivity contribution < 1.29 is 4.79 Å². The molecule has 1 nitrogen and oxygen atoms in total. The molecule has 132 valence electrons. The highest BCUT2D eigenvalue weighted by molar-refractivity contribution is 5.86. The van der Waals surface area contributed by atoms with E-state index < -0.39 is 0 Å². The van der Waals surface area contributed by atoms with Crippen molar-refractivity contribution in [1.82, 2.24) is 0 Å². The topological polar surface area (TPSA) is 17.1 Å². The molecule has 8 atom stereocenters. The second-order valence-electron chi connectivity index (χ2n) is 10.7. The number of hydrogen-bond acceptors (Lipinski definition) is 1. The van der Waals surface area contributed by atoms with Crippen LogP contribution in [0.2, 0.25) is 0 Å². The zero-order chi connectivity index (χ0) is 15.9. The van der Waals surface area contributed by atoms with Crippen LogP contribution in [-0.2, 0) is 4.79 Å². The molecule has 24 heavy (non-hydrogen) atoms. The summed E-state index contributed by atoms with van der Waals surface area (Å²) in [5, 5.41) is 0. The molecule has 0 amide bonds. The van der Waals surface area contributed by atoms with E-state index in [0.29, 0.717) is 22.7 Å². The van der Waals surface area contributed by atoms with Crippen molar-refractivity contribution in [1.29, 1.82) is 0 Å². The van der Waals surface area contributed by atoms with Gasteiger partial charge in [-0.3, -0.25) is 4.79 Å². The van der Waals surface area contributed by atoms with Gasteiger partial charge in [-0.15, -0.1) is 0 Å². The minimum Gasteiger partial charge on any atom is -0.299 e. The van der Waals surface area contributed by atoms with Crippen molar-refractivity contribution in [2.24, 2.45) is 46.3 Å². The number of carbonyl (C=O) groups excluding carboxylic acids is 1. The molecular weight excluding hydrogens is 292 g/mol. The normalized spacial score (nSPS) is 57.8. The predicted molar refractivity (Wildman–Crippen MR) is 95.5 cm³/mol. The molecule has 0 unspecified atom stereocenters. The largest absolute Gasteiger partial charge is 0.299 e. The zero-order valence-corrected chi connectivity index (χ0v) is 15.3. The second kappa shape index (κ2) is 4.89. The number of ketones is 1. The van der Waals surface area contributed by atoms with Gasteiger partial charge in [-0.25, -0.2) is 0 Å². The lowest BCUT2D eigenvalue weighted by Gasteiger charge is -2.46. The van der Waals surface area contributed by atoms with E-state index in [-0.39, 0.29) is 0 Å². The summed E-state index contributed by atoms with van der Waals surface area (Å²) in [6.07, 6.45) is 19.7. The summed E-state index contributed by atoms with van der Waals surface area (Å²) in [5.41, 5.74) is 0.977. The van der Waals surface area contributed by atoms with Gasteiger partial charge in [-0.05, 0) is 98.7 Å². The van der Waals surface area contributed by atoms with E-state index in [2.05, 4.69) is 0 Å². The lowest BCUT2D eigenvalue weighted by molar-refractivity contribution is -0.137. The van der Waals surface area contributed by atoms with Crippen LogP contribution in [0.3, 0.4) is 0 Å². The summed E-state index contributed by atoms with van der Waals surface area (Å²) < 4.78 is 0. The van der Waals surface area contributed by atoms with E-state index in [1.807, 2.05) is 0 Å². The third-order valence-electron chi connectivity index (χ3n) is 10.5. The van der Waals surface area contributed by atoms with Crippen molar-refractivity contribution in [3.63, 3.8) is 0 Å². The first-order valence-corrected chi connectivity index (χ1v) is 11.3. The van der Waals surface area contributed by atoms with Gasteiger partial charge in [0.05, 0.1) is 0 Å². The summed E-state index contributed by atoms with van der Waals surface area (Å²) in [6.45, 7) is 0. The molecule has 6 aliphatic carbocycles. The van der Waals surface area contributed by atoms with Gasteiger partial charge in [-0.1, -0.05) is 25.7 Å². The van der Waals surface area contributed by atoms with Crippen molar-refractivity contribution in [2.75, 3.05) is 0 Å². The molecule has 0 radical (unpaired) electrons. The fourth-order valence-corrected chi connectivity index (χ4v) is 9.82. The highest BCUT2D eigenvalue weighted by Gasteiger charge is 2.66. The van der Waals surface area contributed by atoms with Crippen LogP contribution in [0.1, 0.15) is 89.9 Å². The first-order valence-electron chi connectivity index (χ1n) is 11.3. The molecule has 4 bridgehead atoms. The van der Waals surface area contributed by atoms with Gasteiger partial charge >= 0.3 is 0 Å². The molecule has 0 saturated heterocycles. The SMILES string of the molecule is O=C([C@H]1C[C@@H]2CC[C@@]13CCCC[C@@H]23)[C@@H]1C[C@@H]2CC[C@]13CCCC[C@H]23. The molecule has 6 saturated carbocycles. The van der Waals surface area contributed by atoms with E-state index in [9.17, 15) is 4.79 Å². The standard InChI is InChI=1S/C23H34O/c24-21(19-13-15-7-11-22(19)9-3-1-5-17(15)22)20-14-16-8-12-23(20)10-4-2-6-18(16)23/h15-20H,1-14H2/t15-,16-,17-,18+,19+,20-,22+,23-/m0/s1. The minimum atomic E-state index is 0.489. The van der Waals surface area contributed by atoms with Crippen LogP contribution in [0, 0.1) is 46.3 Å². The van der Waals surface area contributed by atoms with E-state index in [4.69, 9.17) is 0 Å². The third-order valence-corrected chi connectivity index (χ3v) is 10.5. The molecule has 6 fully saturated rings. The summed E-state index contributed by atoms with van der Waals surface area (Å²) in [7, 11) is 0. The van der Waals surface area contributed by atoms with Crippen LogP contribution in [0.4, 0.5) is 0 Å². The highest BCUT2D eigenvalue weighted by Crippen LogP contribution is 2.71. The number of rotatable bonds is 2.